The predicted octanol–water partition coefficient (Wildman–Crippen LogP) is 0.870. The molecule has 3 N–H and O–H groups in total. The fraction of sp³-hybridized carbons (Fsp3) is 0.571. The molecule has 0 radical (unpaired) electrons. The Balaban J connectivity index is 1.90. The van der Waals surface area contributed by atoms with Gasteiger partial charge < -0.3 is 15.2 Å². The van der Waals surface area contributed by atoms with Crippen molar-refractivity contribution in [3.63, 3.8) is 0 Å². The molecule has 118 valence electrons. The lowest BCUT2D eigenvalue weighted by molar-refractivity contribution is -0.00475. The van der Waals surface area contributed by atoms with Crippen molar-refractivity contribution in [2.24, 2.45) is 5.73 Å². The van der Waals surface area contributed by atoms with E-state index >= 15 is 0 Å². The van der Waals surface area contributed by atoms with Gasteiger partial charge >= 0.3 is 0 Å². The van der Waals surface area contributed by atoms with E-state index in [-0.39, 0.29) is 17.0 Å². The average Bonchev–Trinajstić information content (AvgIpc) is 2.43. The molecule has 0 aromatic heterocycles. The van der Waals surface area contributed by atoms with Crippen molar-refractivity contribution in [3.05, 3.63) is 24.3 Å². The second-order valence-electron chi connectivity index (χ2n) is 4.98. The molecule has 7 heteroatoms. The highest BCUT2D eigenvalue weighted by Gasteiger charge is 2.33. The van der Waals surface area contributed by atoms with Gasteiger partial charge in [-0.1, -0.05) is 0 Å². The molecule has 0 heterocycles. The van der Waals surface area contributed by atoms with Gasteiger partial charge in [0.15, 0.2) is 0 Å². The minimum atomic E-state index is -3.48. The summed E-state index contributed by atoms with van der Waals surface area (Å²) in [6, 6.07) is 6.29. The zero-order valence-corrected chi connectivity index (χ0v) is 12.9. The van der Waals surface area contributed by atoms with Crippen molar-refractivity contribution in [1.29, 1.82) is 0 Å². The lowest BCUT2D eigenvalue weighted by Gasteiger charge is -2.35. The molecule has 2 rings (SSSR count). The van der Waals surface area contributed by atoms with Crippen LogP contribution in [-0.4, -0.2) is 40.3 Å². The van der Waals surface area contributed by atoms with Crippen molar-refractivity contribution >= 4 is 10.0 Å². The van der Waals surface area contributed by atoms with Gasteiger partial charge in [-0.25, -0.2) is 13.1 Å². The highest BCUT2D eigenvalue weighted by atomic mass is 32.2. The third kappa shape index (κ3) is 4.41. The SMILES string of the molecule is CCOC1CC(NS(=O)(=O)c2ccc(OCCN)cc2)C1. The van der Waals surface area contributed by atoms with Gasteiger partial charge in [0.2, 0.25) is 10.0 Å². The molecule has 0 unspecified atom stereocenters. The van der Waals surface area contributed by atoms with E-state index in [0.717, 1.165) is 12.8 Å². The Morgan fingerprint density at radius 3 is 2.52 bits per heavy atom. The largest absolute Gasteiger partial charge is 0.492 e. The van der Waals surface area contributed by atoms with E-state index in [2.05, 4.69) is 4.72 Å². The molecule has 0 bridgehead atoms. The number of ether oxygens (including phenoxy) is 2. The molecule has 1 saturated carbocycles. The molecule has 6 nitrogen and oxygen atoms in total. The molecule has 1 fully saturated rings. The van der Waals surface area contributed by atoms with Crippen LogP contribution in [0.5, 0.6) is 5.75 Å². The molecule has 0 atom stereocenters. The summed E-state index contributed by atoms with van der Waals surface area (Å²) in [6.07, 6.45) is 1.63. The summed E-state index contributed by atoms with van der Waals surface area (Å²) in [4.78, 5) is 0.238. The first-order valence-corrected chi connectivity index (χ1v) is 8.60. The first kappa shape index (κ1) is 16.2. The third-order valence-electron chi connectivity index (χ3n) is 3.34. The third-order valence-corrected chi connectivity index (χ3v) is 4.88. The highest BCUT2D eigenvalue weighted by molar-refractivity contribution is 7.89. The van der Waals surface area contributed by atoms with Crippen LogP contribution in [0.25, 0.3) is 0 Å². The van der Waals surface area contributed by atoms with Crippen molar-refractivity contribution in [1.82, 2.24) is 4.72 Å². The topological polar surface area (TPSA) is 90.6 Å². The molecule has 0 amide bonds. The summed E-state index contributed by atoms with van der Waals surface area (Å²) in [5.41, 5.74) is 5.34. The number of sulfonamides is 1. The zero-order valence-electron chi connectivity index (χ0n) is 12.1. The summed E-state index contributed by atoms with van der Waals surface area (Å²) >= 11 is 0. The lowest BCUT2D eigenvalue weighted by Crippen LogP contribution is -2.47. The van der Waals surface area contributed by atoms with Crippen LogP contribution in [0.3, 0.4) is 0 Å². The van der Waals surface area contributed by atoms with Crippen LogP contribution in [0, 0.1) is 0 Å². The summed E-state index contributed by atoms with van der Waals surface area (Å²) < 4.78 is 37.9. The number of benzene rings is 1. The molecule has 0 aliphatic heterocycles. The van der Waals surface area contributed by atoms with Gasteiger partial charge in [0.05, 0.1) is 11.0 Å². The Morgan fingerprint density at radius 2 is 1.95 bits per heavy atom. The van der Waals surface area contributed by atoms with Crippen LogP contribution in [-0.2, 0) is 14.8 Å². The number of rotatable bonds is 8. The van der Waals surface area contributed by atoms with Crippen LogP contribution >= 0.6 is 0 Å². The minimum absolute atomic E-state index is 0.0419. The smallest absolute Gasteiger partial charge is 0.240 e. The van der Waals surface area contributed by atoms with Crippen molar-refractivity contribution < 1.29 is 17.9 Å². The quantitative estimate of drug-likeness (QED) is 0.743. The molecule has 1 aliphatic carbocycles. The van der Waals surface area contributed by atoms with E-state index in [1.54, 1.807) is 12.1 Å². The molecule has 0 spiro atoms. The van der Waals surface area contributed by atoms with E-state index in [0.29, 0.717) is 25.5 Å². The van der Waals surface area contributed by atoms with Gasteiger partial charge in [0.1, 0.15) is 12.4 Å². The first-order chi connectivity index (χ1) is 10.0. The maximum atomic E-state index is 12.2. The summed E-state index contributed by atoms with van der Waals surface area (Å²) in [5.74, 6) is 0.611. The van der Waals surface area contributed by atoms with Gasteiger partial charge in [0.25, 0.3) is 0 Å². The Kier molecular flexibility index (Phi) is 5.58. The fourth-order valence-corrected chi connectivity index (χ4v) is 3.47. The van der Waals surface area contributed by atoms with Crippen LogP contribution in [0.4, 0.5) is 0 Å². The highest BCUT2D eigenvalue weighted by Crippen LogP contribution is 2.25. The van der Waals surface area contributed by atoms with Crippen molar-refractivity contribution in [2.75, 3.05) is 19.8 Å². The van der Waals surface area contributed by atoms with Gasteiger partial charge in [-0.2, -0.15) is 0 Å². The van der Waals surface area contributed by atoms with Crippen LogP contribution in [0.2, 0.25) is 0 Å². The number of hydrogen-bond acceptors (Lipinski definition) is 5. The van der Waals surface area contributed by atoms with E-state index in [4.69, 9.17) is 15.2 Å². The molecule has 1 aromatic carbocycles. The Hall–Kier alpha value is -1.15. The second kappa shape index (κ2) is 7.22. The Bertz CT molecular complexity index is 539. The molecule has 21 heavy (non-hydrogen) atoms. The van der Waals surface area contributed by atoms with E-state index in [1.165, 1.54) is 12.1 Å². The molecular formula is C14H22N2O4S. The second-order valence-corrected chi connectivity index (χ2v) is 6.69. The van der Waals surface area contributed by atoms with Crippen molar-refractivity contribution in [2.45, 2.75) is 36.8 Å². The van der Waals surface area contributed by atoms with Crippen LogP contribution < -0.4 is 15.2 Å². The minimum Gasteiger partial charge on any atom is -0.492 e. The predicted molar refractivity (Wildman–Crippen MR) is 79.7 cm³/mol. The summed E-state index contributed by atoms with van der Waals surface area (Å²) in [6.45, 7) is 3.43. The number of nitrogens with two attached hydrogens (primary N) is 1. The fourth-order valence-electron chi connectivity index (χ4n) is 2.21. The van der Waals surface area contributed by atoms with Gasteiger partial charge in [0, 0.05) is 19.2 Å². The first-order valence-electron chi connectivity index (χ1n) is 7.12. The van der Waals surface area contributed by atoms with Crippen LogP contribution in [0.1, 0.15) is 19.8 Å². The lowest BCUT2D eigenvalue weighted by atomic mass is 9.90. The molecule has 1 aliphatic rings. The number of hydrogen-bond donors (Lipinski definition) is 2. The standard InChI is InChI=1S/C14H22N2O4S/c1-2-19-13-9-11(10-13)16-21(17,18)14-5-3-12(4-6-14)20-8-7-15/h3-6,11,13,16H,2,7-10,15H2,1H3. The van der Waals surface area contributed by atoms with Gasteiger partial charge in [-0.05, 0) is 44.0 Å². The maximum Gasteiger partial charge on any atom is 0.240 e. The summed E-state index contributed by atoms with van der Waals surface area (Å²) in [7, 11) is -3.48. The summed E-state index contributed by atoms with van der Waals surface area (Å²) in [5, 5.41) is 0. The van der Waals surface area contributed by atoms with E-state index in [1.807, 2.05) is 6.92 Å². The van der Waals surface area contributed by atoms with E-state index in [9.17, 15) is 8.42 Å². The zero-order chi connectivity index (χ0) is 15.3. The number of nitrogens with one attached hydrogen (secondary N) is 1. The molecular weight excluding hydrogens is 292 g/mol. The normalized spacial score (nSPS) is 21.8. The Morgan fingerprint density at radius 1 is 1.29 bits per heavy atom. The Labute approximate surface area is 125 Å². The molecule has 0 saturated heterocycles. The van der Waals surface area contributed by atoms with Gasteiger partial charge in [-0.15, -0.1) is 0 Å². The average molecular weight is 314 g/mol. The van der Waals surface area contributed by atoms with E-state index < -0.39 is 10.0 Å². The molecule has 1 aromatic rings. The van der Waals surface area contributed by atoms with Gasteiger partial charge in [-0.3, -0.25) is 0 Å². The monoisotopic (exact) mass is 314 g/mol. The maximum absolute atomic E-state index is 12.2. The van der Waals surface area contributed by atoms with Crippen LogP contribution in [0.15, 0.2) is 29.2 Å². The van der Waals surface area contributed by atoms with Crippen molar-refractivity contribution in [3.8, 4) is 5.75 Å².